The van der Waals surface area contributed by atoms with E-state index in [9.17, 15) is 9.18 Å². The van der Waals surface area contributed by atoms with Crippen LogP contribution in [0.3, 0.4) is 0 Å². The first-order chi connectivity index (χ1) is 15.0. The summed E-state index contributed by atoms with van der Waals surface area (Å²) in [6.07, 6.45) is 3.14. The van der Waals surface area contributed by atoms with Gasteiger partial charge < -0.3 is 19.4 Å². The van der Waals surface area contributed by atoms with E-state index in [4.69, 9.17) is 9.47 Å². The number of hydrogen-bond acceptors (Lipinski definition) is 6. The van der Waals surface area contributed by atoms with Crippen LogP contribution in [0.2, 0.25) is 0 Å². The van der Waals surface area contributed by atoms with Crippen molar-refractivity contribution in [1.29, 1.82) is 0 Å². The highest BCUT2D eigenvalue weighted by Crippen LogP contribution is 2.28. The van der Waals surface area contributed by atoms with Gasteiger partial charge >= 0.3 is 0 Å². The standard InChI is InChI=1S/C22H23FN4O3S/c1-27-20(25-26-22(27)31-14-16-4-8-17(23)9-5-16)13-24-21(28)11-7-15-6-10-18(29-2)19(12-15)30-3/h4-12H,13-14H2,1-3H3,(H,24,28)/b11-7+. The van der Waals surface area contributed by atoms with Crippen molar-refractivity contribution in [3.63, 3.8) is 0 Å². The maximum Gasteiger partial charge on any atom is 0.244 e. The summed E-state index contributed by atoms with van der Waals surface area (Å²) < 4.78 is 25.3. The van der Waals surface area contributed by atoms with Gasteiger partial charge in [0.25, 0.3) is 0 Å². The van der Waals surface area contributed by atoms with Crippen LogP contribution in [-0.2, 0) is 24.1 Å². The number of nitrogens with one attached hydrogen (secondary N) is 1. The number of amides is 1. The molecular weight excluding hydrogens is 419 g/mol. The molecule has 3 aromatic rings. The van der Waals surface area contributed by atoms with Crippen molar-refractivity contribution in [2.45, 2.75) is 17.5 Å². The average Bonchev–Trinajstić information content (AvgIpc) is 3.14. The summed E-state index contributed by atoms with van der Waals surface area (Å²) in [5.41, 5.74) is 1.80. The number of hydrogen-bond donors (Lipinski definition) is 1. The molecule has 2 aromatic carbocycles. The number of carbonyl (C=O) groups is 1. The van der Waals surface area contributed by atoms with Crippen LogP contribution in [0.5, 0.6) is 11.5 Å². The third kappa shape index (κ3) is 6.08. The Labute approximate surface area is 184 Å². The Hall–Kier alpha value is -3.33. The molecule has 0 atom stereocenters. The SMILES string of the molecule is COc1ccc(/C=C/C(=O)NCc2nnc(SCc3ccc(F)cc3)n2C)cc1OC. The lowest BCUT2D eigenvalue weighted by molar-refractivity contribution is -0.116. The Balaban J connectivity index is 1.53. The largest absolute Gasteiger partial charge is 0.493 e. The van der Waals surface area contributed by atoms with Crippen molar-refractivity contribution >= 4 is 23.7 Å². The Bertz CT molecular complexity index is 1070. The van der Waals surface area contributed by atoms with Gasteiger partial charge in [-0.25, -0.2) is 4.39 Å². The second kappa shape index (κ2) is 10.6. The highest BCUT2D eigenvalue weighted by atomic mass is 32.2. The number of aromatic nitrogens is 3. The molecule has 1 aromatic heterocycles. The molecule has 0 radical (unpaired) electrons. The van der Waals surface area contributed by atoms with Gasteiger partial charge in [0.1, 0.15) is 5.82 Å². The summed E-state index contributed by atoms with van der Waals surface area (Å²) in [6, 6.07) is 11.7. The van der Waals surface area contributed by atoms with Gasteiger partial charge in [-0.1, -0.05) is 30.0 Å². The number of thioether (sulfide) groups is 1. The van der Waals surface area contributed by atoms with Gasteiger partial charge in [-0.15, -0.1) is 10.2 Å². The Kier molecular flexibility index (Phi) is 7.66. The number of methoxy groups -OCH3 is 2. The molecule has 0 spiro atoms. The molecule has 0 saturated heterocycles. The van der Waals surface area contributed by atoms with Gasteiger partial charge in [0.15, 0.2) is 22.5 Å². The van der Waals surface area contributed by atoms with Crippen molar-refractivity contribution in [2.75, 3.05) is 14.2 Å². The molecule has 3 rings (SSSR count). The number of nitrogens with zero attached hydrogens (tertiary/aromatic N) is 3. The van der Waals surface area contributed by atoms with Crippen LogP contribution < -0.4 is 14.8 Å². The minimum Gasteiger partial charge on any atom is -0.493 e. The van der Waals surface area contributed by atoms with Crippen LogP contribution in [0.25, 0.3) is 6.08 Å². The molecule has 162 valence electrons. The van der Waals surface area contributed by atoms with E-state index in [2.05, 4.69) is 15.5 Å². The predicted octanol–water partition coefficient (Wildman–Crippen LogP) is 3.59. The smallest absolute Gasteiger partial charge is 0.244 e. The second-order valence-corrected chi connectivity index (χ2v) is 7.48. The molecule has 0 aliphatic rings. The van der Waals surface area contributed by atoms with Gasteiger partial charge in [0.05, 0.1) is 20.8 Å². The minimum atomic E-state index is -0.259. The van der Waals surface area contributed by atoms with Crippen LogP contribution in [0, 0.1) is 5.82 Å². The van der Waals surface area contributed by atoms with Crippen LogP contribution in [-0.4, -0.2) is 34.9 Å². The van der Waals surface area contributed by atoms with E-state index in [-0.39, 0.29) is 18.3 Å². The molecular formula is C22H23FN4O3S. The van der Waals surface area contributed by atoms with E-state index >= 15 is 0 Å². The summed E-state index contributed by atoms with van der Waals surface area (Å²) >= 11 is 1.49. The first kappa shape index (κ1) is 22.4. The van der Waals surface area contributed by atoms with E-state index in [0.717, 1.165) is 16.3 Å². The molecule has 0 saturated carbocycles. The van der Waals surface area contributed by atoms with Crippen molar-refractivity contribution in [3.05, 3.63) is 71.3 Å². The van der Waals surface area contributed by atoms with Crippen LogP contribution in [0.4, 0.5) is 4.39 Å². The zero-order valence-corrected chi connectivity index (χ0v) is 18.3. The number of benzene rings is 2. The van der Waals surface area contributed by atoms with E-state index in [1.54, 1.807) is 44.6 Å². The topological polar surface area (TPSA) is 78.3 Å². The molecule has 1 heterocycles. The number of ether oxygens (including phenoxy) is 2. The second-order valence-electron chi connectivity index (χ2n) is 6.54. The fourth-order valence-electron chi connectivity index (χ4n) is 2.71. The zero-order valence-electron chi connectivity index (χ0n) is 17.5. The van der Waals surface area contributed by atoms with Gasteiger partial charge in [-0.05, 0) is 41.5 Å². The third-order valence-electron chi connectivity index (χ3n) is 4.46. The Morgan fingerprint density at radius 2 is 1.87 bits per heavy atom. The molecule has 0 aliphatic carbocycles. The normalized spacial score (nSPS) is 11.0. The fourth-order valence-corrected chi connectivity index (χ4v) is 3.59. The third-order valence-corrected chi connectivity index (χ3v) is 5.55. The maximum absolute atomic E-state index is 13.0. The number of rotatable bonds is 9. The van der Waals surface area contributed by atoms with Crippen molar-refractivity contribution < 1.29 is 18.7 Å². The molecule has 7 nitrogen and oxygen atoms in total. The molecule has 0 aliphatic heterocycles. The highest BCUT2D eigenvalue weighted by Gasteiger charge is 2.10. The molecule has 9 heteroatoms. The fraction of sp³-hybridized carbons (Fsp3) is 0.227. The maximum atomic E-state index is 13.0. The van der Waals surface area contributed by atoms with Gasteiger partial charge in [0, 0.05) is 18.9 Å². The van der Waals surface area contributed by atoms with Crippen LogP contribution >= 0.6 is 11.8 Å². The lowest BCUT2D eigenvalue weighted by Crippen LogP contribution is -2.22. The summed E-state index contributed by atoms with van der Waals surface area (Å²) in [7, 11) is 4.97. The van der Waals surface area contributed by atoms with Gasteiger partial charge in [-0.3, -0.25) is 4.79 Å². The number of halogens is 1. The average molecular weight is 443 g/mol. The Morgan fingerprint density at radius 3 is 2.58 bits per heavy atom. The van der Waals surface area contributed by atoms with E-state index < -0.39 is 0 Å². The number of carbonyl (C=O) groups excluding carboxylic acids is 1. The lowest BCUT2D eigenvalue weighted by Gasteiger charge is -2.07. The quantitative estimate of drug-likeness (QED) is 0.403. The van der Waals surface area contributed by atoms with Crippen molar-refractivity contribution in [2.24, 2.45) is 7.05 Å². The van der Waals surface area contributed by atoms with E-state index in [1.807, 2.05) is 17.7 Å². The molecule has 1 amide bonds. The van der Waals surface area contributed by atoms with E-state index in [0.29, 0.717) is 23.1 Å². The zero-order chi connectivity index (χ0) is 22.2. The predicted molar refractivity (Wildman–Crippen MR) is 117 cm³/mol. The summed E-state index contributed by atoms with van der Waals surface area (Å²) in [5.74, 6) is 1.99. The van der Waals surface area contributed by atoms with E-state index in [1.165, 1.54) is 30.0 Å². The summed E-state index contributed by atoms with van der Waals surface area (Å²) in [6.45, 7) is 0.246. The first-order valence-electron chi connectivity index (χ1n) is 9.43. The van der Waals surface area contributed by atoms with Gasteiger partial charge in [0.2, 0.25) is 5.91 Å². The van der Waals surface area contributed by atoms with Crippen molar-refractivity contribution in [1.82, 2.24) is 20.1 Å². The van der Waals surface area contributed by atoms with Crippen LogP contribution in [0.1, 0.15) is 17.0 Å². The molecule has 0 bridgehead atoms. The Morgan fingerprint density at radius 1 is 1.13 bits per heavy atom. The summed E-state index contributed by atoms with van der Waals surface area (Å²) in [5, 5.41) is 11.8. The molecule has 0 fully saturated rings. The van der Waals surface area contributed by atoms with Crippen molar-refractivity contribution in [3.8, 4) is 11.5 Å². The molecule has 0 unspecified atom stereocenters. The first-order valence-corrected chi connectivity index (χ1v) is 10.4. The van der Waals surface area contributed by atoms with Crippen LogP contribution in [0.15, 0.2) is 53.7 Å². The highest BCUT2D eigenvalue weighted by molar-refractivity contribution is 7.98. The lowest BCUT2D eigenvalue weighted by atomic mass is 10.2. The molecule has 31 heavy (non-hydrogen) atoms. The minimum absolute atomic E-state index is 0.246. The summed E-state index contributed by atoms with van der Waals surface area (Å²) in [4.78, 5) is 12.2. The molecule has 1 N–H and O–H groups in total. The monoisotopic (exact) mass is 442 g/mol. The van der Waals surface area contributed by atoms with Gasteiger partial charge in [-0.2, -0.15) is 0 Å².